The summed E-state index contributed by atoms with van der Waals surface area (Å²) in [6, 6.07) is 7.35. The third-order valence-electron chi connectivity index (χ3n) is 9.08. The fourth-order valence-corrected chi connectivity index (χ4v) is 7.73. The first-order valence-corrected chi connectivity index (χ1v) is 13.2. The molecular weight excluding hydrogens is 428 g/mol. The quantitative estimate of drug-likeness (QED) is 0.477. The maximum absolute atomic E-state index is 13.2. The minimum atomic E-state index is -0.938. The average Bonchev–Trinajstić information content (AvgIpc) is 3.07. The largest absolute Gasteiger partial charge is 0.467 e. The molecule has 5 fully saturated rings. The van der Waals surface area contributed by atoms with Crippen molar-refractivity contribution in [2.75, 3.05) is 7.11 Å². The highest BCUT2D eigenvalue weighted by atomic mass is 16.5. The van der Waals surface area contributed by atoms with E-state index in [-0.39, 0.29) is 23.2 Å². The predicted molar refractivity (Wildman–Crippen MR) is 129 cm³/mol. The van der Waals surface area contributed by atoms with Gasteiger partial charge in [-0.05, 0) is 86.8 Å². The number of ether oxygens (including phenoxy) is 1. The van der Waals surface area contributed by atoms with Crippen LogP contribution in [0.3, 0.4) is 0 Å². The second-order valence-corrected chi connectivity index (χ2v) is 11.5. The number of amides is 2. The summed E-state index contributed by atoms with van der Waals surface area (Å²) in [5.74, 6) is 1.86. The van der Waals surface area contributed by atoms with E-state index in [2.05, 4.69) is 10.6 Å². The summed E-state index contributed by atoms with van der Waals surface area (Å²) in [4.78, 5) is 38.8. The second kappa shape index (κ2) is 9.35. The highest BCUT2D eigenvalue weighted by Gasteiger charge is 2.54. The minimum Gasteiger partial charge on any atom is -0.467 e. The van der Waals surface area contributed by atoms with Gasteiger partial charge in [0.15, 0.2) is 0 Å². The minimum absolute atomic E-state index is 0.143. The molecule has 0 aliphatic heterocycles. The van der Waals surface area contributed by atoms with Crippen LogP contribution in [0.1, 0.15) is 93.0 Å². The summed E-state index contributed by atoms with van der Waals surface area (Å²) in [7, 11) is 1.38. The van der Waals surface area contributed by atoms with Crippen LogP contribution in [0.2, 0.25) is 0 Å². The molecule has 0 saturated heterocycles. The molecule has 6 nitrogen and oxygen atoms in total. The SMILES string of the molecule is COC(=O)C1(NC(=O)c2ccc(CNC(=O)C34CC5CC(CC(C5)C3)C4)cc2)CCCCCC1. The Bertz CT molecular complexity index is 895. The molecule has 6 rings (SSSR count). The number of hydrogen-bond acceptors (Lipinski definition) is 4. The second-order valence-electron chi connectivity index (χ2n) is 11.5. The molecular formula is C28H38N2O4. The first-order valence-electron chi connectivity index (χ1n) is 13.2. The molecule has 0 aromatic heterocycles. The van der Waals surface area contributed by atoms with Gasteiger partial charge in [0.25, 0.3) is 5.91 Å². The number of esters is 1. The molecule has 2 N–H and O–H groups in total. The summed E-state index contributed by atoms with van der Waals surface area (Å²) in [6.45, 7) is 0.481. The molecule has 0 radical (unpaired) electrons. The van der Waals surface area contributed by atoms with Crippen LogP contribution >= 0.6 is 0 Å². The van der Waals surface area contributed by atoms with Gasteiger partial charge in [-0.3, -0.25) is 9.59 Å². The smallest absolute Gasteiger partial charge is 0.331 e. The van der Waals surface area contributed by atoms with Gasteiger partial charge < -0.3 is 15.4 Å². The van der Waals surface area contributed by atoms with Gasteiger partial charge in [0, 0.05) is 17.5 Å². The number of benzene rings is 1. The maximum Gasteiger partial charge on any atom is 0.331 e. The van der Waals surface area contributed by atoms with Crippen LogP contribution < -0.4 is 10.6 Å². The van der Waals surface area contributed by atoms with Crippen LogP contribution in [0.4, 0.5) is 0 Å². The highest BCUT2D eigenvalue weighted by Crippen LogP contribution is 2.60. The van der Waals surface area contributed by atoms with Crippen LogP contribution in [0.15, 0.2) is 24.3 Å². The van der Waals surface area contributed by atoms with Crippen molar-refractivity contribution in [3.8, 4) is 0 Å². The zero-order chi connectivity index (χ0) is 23.8. The van der Waals surface area contributed by atoms with Gasteiger partial charge in [-0.2, -0.15) is 0 Å². The molecule has 4 bridgehead atoms. The van der Waals surface area contributed by atoms with Gasteiger partial charge in [-0.25, -0.2) is 4.79 Å². The molecule has 34 heavy (non-hydrogen) atoms. The van der Waals surface area contributed by atoms with Crippen LogP contribution in [0.25, 0.3) is 0 Å². The van der Waals surface area contributed by atoms with Crippen molar-refractivity contribution >= 4 is 17.8 Å². The Kier molecular flexibility index (Phi) is 6.43. The monoisotopic (exact) mass is 466 g/mol. The number of carbonyl (C=O) groups is 3. The molecule has 184 valence electrons. The van der Waals surface area contributed by atoms with E-state index >= 15 is 0 Å². The Balaban J connectivity index is 1.19. The molecule has 0 heterocycles. The molecule has 1 aromatic rings. The molecule has 1 aromatic carbocycles. The lowest BCUT2D eigenvalue weighted by molar-refractivity contribution is -0.149. The Morgan fingerprint density at radius 1 is 0.882 bits per heavy atom. The molecule has 0 atom stereocenters. The summed E-state index contributed by atoms with van der Waals surface area (Å²) >= 11 is 0. The zero-order valence-electron chi connectivity index (χ0n) is 20.4. The van der Waals surface area contributed by atoms with Crippen LogP contribution in [0.5, 0.6) is 0 Å². The summed E-state index contributed by atoms with van der Waals surface area (Å²) < 4.78 is 5.05. The summed E-state index contributed by atoms with van der Waals surface area (Å²) in [5, 5.41) is 6.21. The Morgan fingerprint density at radius 2 is 1.44 bits per heavy atom. The first kappa shape index (κ1) is 23.4. The van der Waals surface area contributed by atoms with E-state index in [1.165, 1.54) is 26.4 Å². The van der Waals surface area contributed by atoms with E-state index in [0.29, 0.717) is 24.9 Å². The molecule has 2 amide bonds. The van der Waals surface area contributed by atoms with Gasteiger partial charge in [0.2, 0.25) is 5.91 Å². The zero-order valence-corrected chi connectivity index (χ0v) is 20.4. The number of nitrogens with one attached hydrogen (secondary N) is 2. The van der Waals surface area contributed by atoms with Gasteiger partial charge in [0.05, 0.1) is 7.11 Å². The van der Waals surface area contributed by atoms with Gasteiger partial charge in [0.1, 0.15) is 5.54 Å². The average molecular weight is 467 g/mol. The molecule has 0 unspecified atom stereocenters. The van der Waals surface area contributed by atoms with Crippen molar-refractivity contribution in [2.45, 2.75) is 89.1 Å². The van der Waals surface area contributed by atoms with E-state index in [9.17, 15) is 14.4 Å². The van der Waals surface area contributed by atoms with Crippen molar-refractivity contribution in [3.63, 3.8) is 0 Å². The van der Waals surface area contributed by atoms with Crippen molar-refractivity contribution in [1.29, 1.82) is 0 Å². The highest BCUT2D eigenvalue weighted by molar-refractivity contribution is 5.98. The van der Waals surface area contributed by atoms with Crippen molar-refractivity contribution in [3.05, 3.63) is 35.4 Å². The standard InChI is InChI=1S/C28H38N2O4/c1-34-26(33)28(10-4-2-3-5-11-28)30-24(31)23-8-6-19(7-9-23)18-29-25(32)27-15-20-12-21(16-27)14-22(13-20)17-27/h6-9,20-22H,2-5,10-18H2,1H3,(H,29,32)(H,30,31). The van der Waals surface area contributed by atoms with E-state index in [1.807, 2.05) is 12.1 Å². The summed E-state index contributed by atoms with van der Waals surface area (Å²) in [6.07, 6.45) is 12.3. The fourth-order valence-electron chi connectivity index (χ4n) is 7.73. The Labute approximate surface area is 202 Å². The van der Waals surface area contributed by atoms with Gasteiger partial charge in [-0.15, -0.1) is 0 Å². The maximum atomic E-state index is 13.2. The van der Waals surface area contributed by atoms with E-state index in [4.69, 9.17) is 4.74 Å². The molecule has 0 spiro atoms. The van der Waals surface area contributed by atoms with Crippen LogP contribution in [0, 0.1) is 23.2 Å². The predicted octanol–water partition coefficient (Wildman–Crippen LogP) is 4.52. The topological polar surface area (TPSA) is 84.5 Å². The number of methoxy groups -OCH3 is 1. The van der Waals surface area contributed by atoms with Crippen LogP contribution in [-0.2, 0) is 20.9 Å². The van der Waals surface area contributed by atoms with E-state index in [0.717, 1.165) is 68.3 Å². The molecule has 6 heteroatoms. The fraction of sp³-hybridized carbons (Fsp3) is 0.679. The van der Waals surface area contributed by atoms with Gasteiger partial charge in [-0.1, -0.05) is 37.8 Å². The van der Waals surface area contributed by atoms with Crippen molar-refractivity contribution < 1.29 is 19.1 Å². The lowest BCUT2D eigenvalue weighted by Crippen LogP contribution is -2.54. The normalized spacial score (nSPS) is 31.4. The Morgan fingerprint density at radius 3 is 1.97 bits per heavy atom. The van der Waals surface area contributed by atoms with Gasteiger partial charge >= 0.3 is 5.97 Å². The third-order valence-corrected chi connectivity index (χ3v) is 9.08. The lowest BCUT2D eigenvalue weighted by atomic mass is 9.49. The number of carbonyl (C=O) groups excluding carboxylic acids is 3. The van der Waals surface area contributed by atoms with Crippen LogP contribution in [-0.4, -0.2) is 30.4 Å². The van der Waals surface area contributed by atoms with E-state index < -0.39 is 5.54 Å². The summed E-state index contributed by atoms with van der Waals surface area (Å²) in [5.41, 5.74) is 0.415. The molecule has 5 saturated carbocycles. The van der Waals surface area contributed by atoms with Crippen molar-refractivity contribution in [2.24, 2.45) is 23.2 Å². The number of rotatable bonds is 6. The first-order chi connectivity index (χ1) is 16.4. The molecule has 5 aliphatic carbocycles. The third kappa shape index (κ3) is 4.48. The Hall–Kier alpha value is -2.37. The lowest BCUT2D eigenvalue weighted by Gasteiger charge is -2.55. The van der Waals surface area contributed by atoms with E-state index in [1.54, 1.807) is 12.1 Å². The van der Waals surface area contributed by atoms with Crippen molar-refractivity contribution in [1.82, 2.24) is 10.6 Å². The number of hydrogen-bond donors (Lipinski definition) is 2. The molecule has 5 aliphatic rings.